The number of hydrogen-bond donors (Lipinski definition) is 1. The minimum Gasteiger partial charge on any atom is -0.493 e. The zero-order valence-corrected chi connectivity index (χ0v) is 12.0. The van der Waals surface area contributed by atoms with E-state index in [0.717, 1.165) is 11.6 Å². The molecule has 1 N–H and O–H groups in total. The van der Waals surface area contributed by atoms with Crippen molar-refractivity contribution in [2.75, 3.05) is 7.11 Å². The molecule has 0 unspecified atom stereocenters. The highest BCUT2D eigenvalue weighted by Crippen LogP contribution is 2.32. The Kier molecular flexibility index (Phi) is 5.14. The molecule has 0 amide bonds. The van der Waals surface area contributed by atoms with Crippen LogP contribution in [0.3, 0.4) is 0 Å². The summed E-state index contributed by atoms with van der Waals surface area (Å²) in [5, 5.41) is 8.73. The first kappa shape index (κ1) is 15.6. The van der Waals surface area contributed by atoms with E-state index in [1.54, 1.807) is 30.3 Å². The molecule has 0 heterocycles. The maximum absolute atomic E-state index is 12.9. The third-order valence-electron chi connectivity index (χ3n) is 2.93. The number of halogens is 1. The van der Waals surface area contributed by atoms with Gasteiger partial charge in [0.25, 0.3) is 0 Å². The summed E-state index contributed by atoms with van der Waals surface area (Å²) in [6.07, 6.45) is 2.46. The van der Waals surface area contributed by atoms with Gasteiger partial charge < -0.3 is 14.6 Å². The van der Waals surface area contributed by atoms with Crippen LogP contribution in [0.1, 0.15) is 11.1 Å². The van der Waals surface area contributed by atoms with Crippen LogP contribution >= 0.6 is 0 Å². The normalized spacial score (nSPS) is 10.6. The van der Waals surface area contributed by atoms with Gasteiger partial charge in [0.1, 0.15) is 12.4 Å². The van der Waals surface area contributed by atoms with Crippen molar-refractivity contribution in [3.05, 3.63) is 65.5 Å². The van der Waals surface area contributed by atoms with Crippen LogP contribution in [-0.4, -0.2) is 18.2 Å². The van der Waals surface area contributed by atoms with Gasteiger partial charge in [0.2, 0.25) is 0 Å². The summed E-state index contributed by atoms with van der Waals surface area (Å²) in [4.78, 5) is 10.7. The van der Waals surface area contributed by atoms with Crippen LogP contribution in [0.2, 0.25) is 0 Å². The van der Waals surface area contributed by atoms with E-state index in [1.165, 1.54) is 25.3 Å². The summed E-state index contributed by atoms with van der Waals surface area (Å²) in [5.41, 5.74) is 1.38. The van der Waals surface area contributed by atoms with Crippen molar-refractivity contribution < 1.29 is 23.8 Å². The average molecular weight is 302 g/mol. The standard InChI is InChI=1S/C17H15FO4/c1-21-15-4-2-3-13(7-10-16(19)20)17(15)22-11-12-5-8-14(18)9-6-12/h2-10H,11H2,1H3,(H,19,20). The Morgan fingerprint density at radius 3 is 2.59 bits per heavy atom. The van der Waals surface area contributed by atoms with Gasteiger partial charge in [-0.1, -0.05) is 24.3 Å². The number of aliphatic carboxylic acids is 1. The van der Waals surface area contributed by atoms with Crippen LogP contribution in [-0.2, 0) is 11.4 Å². The van der Waals surface area contributed by atoms with Crippen LogP contribution in [0.15, 0.2) is 48.5 Å². The second-order valence-corrected chi connectivity index (χ2v) is 4.47. The summed E-state index contributed by atoms with van der Waals surface area (Å²) in [7, 11) is 1.50. The van der Waals surface area contributed by atoms with Crippen molar-refractivity contribution in [3.8, 4) is 11.5 Å². The maximum Gasteiger partial charge on any atom is 0.328 e. The number of carboxylic acids is 1. The minimum atomic E-state index is -1.05. The molecule has 22 heavy (non-hydrogen) atoms. The number of ether oxygens (including phenoxy) is 2. The lowest BCUT2D eigenvalue weighted by Gasteiger charge is -2.13. The first-order valence-electron chi connectivity index (χ1n) is 6.55. The Hall–Kier alpha value is -2.82. The van der Waals surface area contributed by atoms with E-state index >= 15 is 0 Å². The topological polar surface area (TPSA) is 55.8 Å². The first-order chi connectivity index (χ1) is 10.6. The third kappa shape index (κ3) is 4.09. The summed E-state index contributed by atoms with van der Waals surface area (Å²) >= 11 is 0. The Balaban J connectivity index is 2.23. The van der Waals surface area contributed by atoms with Gasteiger partial charge in [0.05, 0.1) is 7.11 Å². The third-order valence-corrected chi connectivity index (χ3v) is 2.93. The number of carboxylic acid groups (broad SMARTS) is 1. The van der Waals surface area contributed by atoms with Crippen LogP contribution in [0.25, 0.3) is 6.08 Å². The Labute approximate surface area is 127 Å². The second kappa shape index (κ2) is 7.26. The maximum atomic E-state index is 12.9. The quantitative estimate of drug-likeness (QED) is 0.830. The average Bonchev–Trinajstić information content (AvgIpc) is 2.52. The highest BCUT2D eigenvalue weighted by molar-refractivity contribution is 5.86. The van der Waals surface area contributed by atoms with Crippen molar-refractivity contribution in [3.63, 3.8) is 0 Å². The van der Waals surface area contributed by atoms with Crippen molar-refractivity contribution in [1.82, 2.24) is 0 Å². The summed E-state index contributed by atoms with van der Waals surface area (Å²) in [6, 6.07) is 11.1. The highest BCUT2D eigenvalue weighted by Gasteiger charge is 2.09. The number of benzene rings is 2. The molecule has 0 saturated carbocycles. The molecule has 0 atom stereocenters. The van der Waals surface area contributed by atoms with E-state index in [9.17, 15) is 9.18 Å². The molecule has 114 valence electrons. The molecule has 0 saturated heterocycles. The molecule has 2 rings (SSSR count). The van der Waals surface area contributed by atoms with Crippen molar-refractivity contribution in [2.45, 2.75) is 6.61 Å². The summed E-state index contributed by atoms with van der Waals surface area (Å²) in [5.74, 6) is -0.431. The Morgan fingerprint density at radius 1 is 1.23 bits per heavy atom. The first-order valence-corrected chi connectivity index (χ1v) is 6.55. The number of hydrogen-bond acceptors (Lipinski definition) is 3. The van der Waals surface area contributed by atoms with Crippen molar-refractivity contribution in [2.24, 2.45) is 0 Å². The van der Waals surface area contributed by atoms with E-state index in [2.05, 4.69) is 0 Å². The number of methoxy groups -OCH3 is 1. The number of para-hydroxylation sites is 1. The van der Waals surface area contributed by atoms with Gasteiger partial charge in [-0.2, -0.15) is 0 Å². The largest absolute Gasteiger partial charge is 0.493 e. The molecule has 5 heteroatoms. The molecular weight excluding hydrogens is 287 g/mol. The zero-order chi connectivity index (χ0) is 15.9. The molecule has 0 spiro atoms. The predicted molar refractivity (Wildman–Crippen MR) is 80.4 cm³/mol. The van der Waals surface area contributed by atoms with E-state index in [4.69, 9.17) is 14.6 Å². The lowest BCUT2D eigenvalue weighted by molar-refractivity contribution is -0.131. The van der Waals surface area contributed by atoms with E-state index in [0.29, 0.717) is 17.1 Å². The van der Waals surface area contributed by atoms with Crippen LogP contribution in [0.4, 0.5) is 4.39 Å². The molecule has 0 bridgehead atoms. The number of carbonyl (C=O) groups is 1. The van der Waals surface area contributed by atoms with E-state index < -0.39 is 5.97 Å². The fraction of sp³-hybridized carbons (Fsp3) is 0.118. The van der Waals surface area contributed by atoms with E-state index in [-0.39, 0.29) is 12.4 Å². The molecule has 0 aromatic heterocycles. The van der Waals surface area contributed by atoms with Gasteiger partial charge in [0.15, 0.2) is 11.5 Å². The van der Waals surface area contributed by atoms with Crippen LogP contribution in [0.5, 0.6) is 11.5 Å². The second-order valence-electron chi connectivity index (χ2n) is 4.47. The molecule has 0 fully saturated rings. The molecule has 0 aliphatic rings. The van der Waals surface area contributed by atoms with Gasteiger partial charge >= 0.3 is 5.97 Å². The lowest BCUT2D eigenvalue weighted by atomic mass is 10.1. The summed E-state index contributed by atoms with van der Waals surface area (Å²) in [6.45, 7) is 0.217. The Morgan fingerprint density at radius 2 is 1.95 bits per heavy atom. The van der Waals surface area contributed by atoms with Gasteiger partial charge in [-0.3, -0.25) is 0 Å². The molecule has 0 radical (unpaired) electrons. The lowest BCUT2D eigenvalue weighted by Crippen LogP contribution is -2.00. The smallest absolute Gasteiger partial charge is 0.328 e. The van der Waals surface area contributed by atoms with E-state index in [1.807, 2.05) is 0 Å². The molecule has 2 aromatic carbocycles. The fourth-order valence-electron chi connectivity index (χ4n) is 1.88. The van der Waals surface area contributed by atoms with Crippen molar-refractivity contribution >= 4 is 12.0 Å². The fourth-order valence-corrected chi connectivity index (χ4v) is 1.88. The minimum absolute atomic E-state index is 0.217. The van der Waals surface area contributed by atoms with Gasteiger partial charge in [-0.25, -0.2) is 9.18 Å². The SMILES string of the molecule is COc1cccc(C=CC(=O)O)c1OCc1ccc(F)cc1. The highest BCUT2D eigenvalue weighted by atomic mass is 19.1. The monoisotopic (exact) mass is 302 g/mol. The molecule has 0 aliphatic carbocycles. The summed E-state index contributed by atoms with van der Waals surface area (Å²) < 4.78 is 23.8. The molecule has 0 aliphatic heterocycles. The van der Waals surface area contributed by atoms with Crippen LogP contribution in [0, 0.1) is 5.82 Å². The molecular formula is C17H15FO4. The predicted octanol–water partition coefficient (Wildman–Crippen LogP) is 3.51. The molecule has 2 aromatic rings. The van der Waals surface area contributed by atoms with Gasteiger partial charge in [-0.05, 0) is 29.8 Å². The number of rotatable bonds is 6. The zero-order valence-electron chi connectivity index (χ0n) is 12.0. The van der Waals surface area contributed by atoms with Gasteiger partial charge in [0, 0.05) is 11.6 Å². The van der Waals surface area contributed by atoms with Crippen LogP contribution < -0.4 is 9.47 Å². The molecule has 4 nitrogen and oxygen atoms in total. The van der Waals surface area contributed by atoms with Crippen molar-refractivity contribution in [1.29, 1.82) is 0 Å². The Bertz CT molecular complexity index is 678. The van der Waals surface area contributed by atoms with Gasteiger partial charge in [-0.15, -0.1) is 0 Å².